The fourth-order valence-corrected chi connectivity index (χ4v) is 18.4. The number of esters is 2. The number of phenols is 1. The van der Waals surface area contributed by atoms with E-state index >= 15 is 0 Å². The Morgan fingerprint density at radius 2 is 1.07 bits per heavy atom. The fraction of sp³-hybridized carbons (Fsp3) is 0.683. The van der Waals surface area contributed by atoms with Crippen LogP contribution in [-0.4, -0.2) is 54.2 Å². The number of rotatable bonds is 4. The Labute approximate surface area is 410 Å². The van der Waals surface area contributed by atoms with Crippen molar-refractivity contribution in [1.82, 2.24) is 0 Å². The van der Waals surface area contributed by atoms with Gasteiger partial charge in [-0.05, 0) is 197 Å². The van der Waals surface area contributed by atoms with Gasteiger partial charge in [-0.2, -0.15) is 0 Å². The van der Waals surface area contributed by atoms with Crippen LogP contribution in [0.5, 0.6) is 11.5 Å². The summed E-state index contributed by atoms with van der Waals surface area (Å²) in [6.45, 7) is 26.5. The smallest absolute Gasteiger partial charge is 0.311 e. The van der Waals surface area contributed by atoms with Crippen molar-refractivity contribution in [1.29, 1.82) is 0 Å². The molecule has 1 aromatic carbocycles. The monoisotopic (exact) mass is 943 g/mol. The Morgan fingerprint density at radius 1 is 0.580 bits per heavy atom. The van der Waals surface area contributed by atoms with Gasteiger partial charge in [-0.15, -0.1) is 0 Å². The molecule has 0 heterocycles. The van der Waals surface area contributed by atoms with E-state index < -0.39 is 38.8 Å². The molecule has 6 saturated carbocycles. The molecule has 0 unspecified atom stereocenters. The van der Waals surface area contributed by atoms with Gasteiger partial charge in [0.1, 0.15) is 0 Å². The molecule has 9 heteroatoms. The van der Waals surface area contributed by atoms with E-state index in [1.54, 1.807) is 19.9 Å². The van der Waals surface area contributed by atoms with Crippen molar-refractivity contribution in [2.75, 3.05) is 14.2 Å². The SMILES string of the molecule is COC(=O)[C@@]1(C)CC[C@]2(C)CC[C@@]3(C)C4=CC(=O)c5c(cc(O[C@]6(C)C(=O)C(=O)C=C7C6=CC=C6[C@@]7(C)CC[C@]7(C)[C@H]8C[C@@](C)(C(=O)OC)CC[C@@]8(C)CC[C@]67C)c(O)c5C)[C@@]4(C)CC[C@@]3(C)[C@H]2C1. The number of aromatic hydroxyl groups is 1. The molecule has 6 fully saturated rings. The quantitative estimate of drug-likeness (QED) is 0.231. The minimum absolute atomic E-state index is 0.0552. The number of hydrogen-bond acceptors (Lipinski definition) is 9. The number of allylic oxidation sites excluding steroid dienone is 6. The molecule has 0 spiro atoms. The lowest BCUT2D eigenvalue weighted by molar-refractivity contribution is -0.180. The summed E-state index contributed by atoms with van der Waals surface area (Å²) in [5.74, 6) is -1.36. The maximum atomic E-state index is 14.7. The standard InChI is InChI=1S/C60H78O9/c1-34-45-37(55(7)24-28-59(11)44-33-53(5,49(66)68-14)20-18-51(44,3)22-26-57(59,9)42(55)31-38(45)61)30-40(46(34)63)69-60(12)35-15-16-41-54(6,36(35)29-39(62)47(60)64)23-27-58(10)43-32-52(4,48(65)67-13)19-17-50(43,2)21-25-56(41,58)8/h15-16,29-31,43-44,63H,17-28,32-33H2,1-14H3/t43-,44-,50-,51+,52-,53-,54-,55+,56+,57-,58+,59-,60-/m0/s1. The summed E-state index contributed by atoms with van der Waals surface area (Å²) in [6.07, 6.45) is 19.9. The predicted octanol–water partition coefficient (Wildman–Crippen LogP) is 12.3. The highest BCUT2D eigenvalue weighted by Crippen LogP contribution is 2.77. The molecule has 0 bridgehead atoms. The normalized spacial score (nSPS) is 46.3. The second-order valence-corrected chi connectivity index (χ2v) is 26.8. The number of hydrogen-bond donors (Lipinski definition) is 1. The number of ether oxygens (including phenoxy) is 3. The first-order chi connectivity index (χ1) is 31.9. The zero-order valence-corrected chi connectivity index (χ0v) is 44.2. The van der Waals surface area contributed by atoms with Crippen LogP contribution in [0.4, 0.5) is 0 Å². The van der Waals surface area contributed by atoms with Crippen molar-refractivity contribution < 1.29 is 43.3 Å². The van der Waals surface area contributed by atoms with Crippen molar-refractivity contribution in [3.8, 4) is 11.5 Å². The summed E-state index contributed by atoms with van der Waals surface area (Å²) in [7, 11) is 2.99. The lowest BCUT2D eigenvalue weighted by atomic mass is 9.34. The van der Waals surface area contributed by atoms with E-state index in [2.05, 4.69) is 75.3 Å². The highest BCUT2D eigenvalue weighted by atomic mass is 16.5. The van der Waals surface area contributed by atoms with Gasteiger partial charge in [0.25, 0.3) is 0 Å². The highest BCUT2D eigenvalue weighted by Gasteiger charge is 2.70. The van der Waals surface area contributed by atoms with E-state index in [-0.39, 0.29) is 73.5 Å². The number of phenolic OH excluding ortho intramolecular Hbond substituents is 1. The Balaban J connectivity index is 1.03. The van der Waals surface area contributed by atoms with E-state index in [9.17, 15) is 29.1 Å². The van der Waals surface area contributed by atoms with E-state index in [1.807, 2.05) is 18.2 Å². The molecule has 1 aromatic rings. The second-order valence-electron chi connectivity index (χ2n) is 26.8. The zero-order valence-electron chi connectivity index (χ0n) is 44.2. The van der Waals surface area contributed by atoms with Crippen LogP contribution >= 0.6 is 0 Å². The average Bonchev–Trinajstić information content (AvgIpc) is 3.30. The van der Waals surface area contributed by atoms with Crippen molar-refractivity contribution in [3.63, 3.8) is 0 Å². The van der Waals surface area contributed by atoms with Gasteiger partial charge in [0.05, 0.1) is 25.0 Å². The van der Waals surface area contributed by atoms with E-state index in [1.165, 1.54) is 19.8 Å². The molecule has 0 aliphatic heterocycles. The molecule has 0 saturated heterocycles. The van der Waals surface area contributed by atoms with Crippen molar-refractivity contribution in [3.05, 3.63) is 69.4 Å². The maximum Gasteiger partial charge on any atom is 0.311 e. The van der Waals surface area contributed by atoms with Crippen LogP contribution in [0.2, 0.25) is 0 Å². The number of carbonyl (C=O) groups excluding carboxylic acids is 5. The van der Waals surface area contributed by atoms with E-state index in [4.69, 9.17) is 14.2 Å². The molecule has 9 aliphatic carbocycles. The Hall–Kier alpha value is -4.27. The first kappa shape index (κ1) is 48.4. The third-order valence-electron chi connectivity index (χ3n) is 23.6. The molecule has 0 aromatic heterocycles. The van der Waals surface area contributed by atoms with Crippen LogP contribution in [-0.2, 0) is 34.1 Å². The van der Waals surface area contributed by atoms with Gasteiger partial charge in [-0.25, -0.2) is 0 Å². The minimum atomic E-state index is -1.76. The molecule has 13 atom stereocenters. The van der Waals surface area contributed by atoms with Crippen molar-refractivity contribution in [2.24, 2.45) is 60.6 Å². The summed E-state index contributed by atoms with van der Waals surface area (Å²) >= 11 is 0. The molecule has 1 N–H and O–H groups in total. The van der Waals surface area contributed by atoms with Crippen LogP contribution in [0.25, 0.3) is 0 Å². The predicted molar refractivity (Wildman–Crippen MR) is 265 cm³/mol. The molecule has 372 valence electrons. The molecule has 9 aliphatic rings. The first-order valence-electron chi connectivity index (χ1n) is 26.2. The van der Waals surface area contributed by atoms with Gasteiger partial charge in [0.15, 0.2) is 22.9 Å². The number of benzene rings is 1. The molecule has 0 radical (unpaired) electrons. The van der Waals surface area contributed by atoms with Crippen LogP contribution < -0.4 is 4.74 Å². The number of Topliss-reactive ketones (excluding diaryl/α,β-unsaturated/α-hetero) is 1. The van der Waals surface area contributed by atoms with E-state index in [0.29, 0.717) is 16.7 Å². The van der Waals surface area contributed by atoms with Crippen LogP contribution in [0, 0.1) is 67.5 Å². The number of carbonyl (C=O) groups is 5. The summed E-state index contributed by atoms with van der Waals surface area (Å²) in [5, 5.41) is 12.1. The summed E-state index contributed by atoms with van der Waals surface area (Å²) in [4.78, 5) is 70.1. The summed E-state index contributed by atoms with van der Waals surface area (Å²) in [6, 6.07) is 1.81. The molecule has 10 rings (SSSR count). The zero-order chi connectivity index (χ0) is 50.3. The third kappa shape index (κ3) is 5.85. The number of ketones is 3. The third-order valence-corrected chi connectivity index (χ3v) is 23.6. The average molecular weight is 943 g/mol. The van der Waals surface area contributed by atoms with Gasteiger partial charge in [0.2, 0.25) is 11.6 Å². The highest BCUT2D eigenvalue weighted by molar-refractivity contribution is 6.46. The van der Waals surface area contributed by atoms with Gasteiger partial charge in [-0.1, -0.05) is 73.1 Å². The molecular formula is C60H78O9. The minimum Gasteiger partial charge on any atom is -0.504 e. The largest absolute Gasteiger partial charge is 0.504 e. The second kappa shape index (κ2) is 14.5. The number of methoxy groups -OCH3 is 2. The van der Waals surface area contributed by atoms with Gasteiger partial charge < -0.3 is 19.3 Å². The van der Waals surface area contributed by atoms with Crippen LogP contribution in [0.3, 0.4) is 0 Å². The Bertz CT molecular complexity index is 2700. The summed E-state index contributed by atoms with van der Waals surface area (Å²) in [5.41, 5.74) is 0.530. The van der Waals surface area contributed by atoms with Gasteiger partial charge >= 0.3 is 11.9 Å². The maximum absolute atomic E-state index is 14.7. The topological polar surface area (TPSA) is 133 Å². The molecule has 9 nitrogen and oxygen atoms in total. The summed E-state index contributed by atoms with van der Waals surface area (Å²) < 4.78 is 17.7. The van der Waals surface area contributed by atoms with E-state index in [0.717, 1.165) is 107 Å². The lowest BCUT2D eigenvalue weighted by Gasteiger charge is -2.70. The Morgan fingerprint density at radius 3 is 1.59 bits per heavy atom. The Kier molecular flexibility index (Phi) is 10.1. The van der Waals surface area contributed by atoms with Crippen LogP contribution in [0.15, 0.2) is 52.7 Å². The van der Waals surface area contributed by atoms with Crippen molar-refractivity contribution in [2.45, 2.75) is 184 Å². The van der Waals surface area contributed by atoms with Crippen LogP contribution in [0.1, 0.15) is 188 Å². The first-order valence-corrected chi connectivity index (χ1v) is 26.2. The van der Waals surface area contributed by atoms with Gasteiger partial charge in [0, 0.05) is 27.5 Å². The van der Waals surface area contributed by atoms with Gasteiger partial charge in [-0.3, -0.25) is 24.0 Å². The van der Waals surface area contributed by atoms with Crippen molar-refractivity contribution >= 4 is 29.3 Å². The fourth-order valence-electron chi connectivity index (χ4n) is 18.4. The molecule has 69 heavy (non-hydrogen) atoms. The molecule has 0 amide bonds. The number of fused-ring (bicyclic) bond motifs is 14. The lowest BCUT2D eigenvalue weighted by Crippen LogP contribution is -2.63. The molecular weight excluding hydrogens is 865 g/mol.